The number of para-hydroxylation sites is 1. The number of hydrogen-bond donors (Lipinski definition) is 1. The lowest BCUT2D eigenvalue weighted by Crippen LogP contribution is -2.49. The Morgan fingerprint density at radius 1 is 1.26 bits per heavy atom. The second kappa shape index (κ2) is 8.65. The molecule has 1 unspecified atom stereocenters. The Morgan fingerprint density at radius 2 is 1.96 bits per heavy atom. The van der Waals surface area contributed by atoms with Crippen molar-refractivity contribution in [2.75, 3.05) is 13.6 Å². The molecule has 1 atom stereocenters. The van der Waals surface area contributed by atoms with Crippen molar-refractivity contribution in [3.05, 3.63) is 40.4 Å². The maximum Gasteiger partial charge on any atom is 0.258 e. The number of benzene rings is 1. The van der Waals surface area contributed by atoms with Crippen LogP contribution in [0.25, 0.3) is 10.9 Å². The van der Waals surface area contributed by atoms with Crippen molar-refractivity contribution in [1.82, 2.24) is 19.8 Å². The van der Waals surface area contributed by atoms with Gasteiger partial charge in [-0.05, 0) is 38.4 Å². The first-order valence-corrected chi connectivity index (χ1v) is 10.00. The van der Waals surface area contributed by atoms with Crippen LogP contribution in [0, 0.1) is 0 Å². The SMILES string of the molecule is CCN(Cc1nc2ccccc2c(=O)[nH]1)C(C)C(=O)N(C)C1CCCCC1. The van der Waals surface area contributed by atoms with E-state index in [1.807, 2.05) is 44.0 Å². The van der Waals surface area contributed by atoms with E-state index in [1.54, 1.807) is 6.07 Å². The fourth-order valence-electron chi connectivity index (χ4n) is 4.02. The third kappa shape index (κ3) is 4.38. The molecule has 1 aromatic heterocycles. The van der Waals surface area contributed by atoms with Gasteiger partial charge in [0.05, 0.1) is 23.5 Å². The number of hydrogen-bond acceptors (Lipinski definition) is 4. The van der Waals surface area contributed by atoms with E-state index in [1.165, 1.54) is 19.3 Å². The fraction of sp³-hybridized carbons (Fsp3) is 0.571. The predicted octanol–water partition coefficient (Wildman–Crippen LogP) is 2.92. The van der Waals surface area contributed by atoms with Crippen molar-refractivity contribution in [1.29, 1.82) is 0 Å². The summed E-state index contributed by atoms with van der Waals surface area (Å²) in [5.41, 5.74) is 0.551. The normalized spacial score (nSPS) is 16.6. The first-order chi connectivity index (χ1) is 13.0. The van der Waals surface area contributed by atoms with Gasteiger partial charge in [0, 0.05) is 13.1 Å². The molecule has 1 amide bonds. The summed E-state index contributed by atoms with van der Waals surface area (Å²) in [5.74, 6) is 0.743. The number of carbonyl (C=O) groups excluding carboxylic acids is 1. The number of aromatic amines is 1. The third-order valence-electron chi connectivity index (χ3n) is 5.80. The Morgan fingerprint density at radius 3 is 2.67 bits per heavy atom. The third-order valence-corrected chi connectivity index (χ3v) is 5.80. The molecule has 0 bridgehead atoms. The molecule has 1 N–H and O–H groups in total. The Hall–Kier alpha value is -2.21. The van der Waals surface area contributed by atoms with E-state index >= 15 is 0 Å². The largest absolute Gasteiger partial charge is 0.341 e. The van der Waals surface area contributed by atoms with Gasteiger partial charge in [-0.1, -0.05) is 38.3 Å². The van der Waals surface area contributed by atoms with Crippen LogP contribution in [0.15, 0.2) is 29.1 Å². The average Bonchev–Trinajstić information content (AvgIpc) is 2.71. The van der Waals surface area contributed by atoms with Gasteiger partial charge < -0.3 is 9.88 Å². The number of rotatable bonds is 6. The van der Waals surface area contributed by atoms with Gasteiger partial charge in [-0.15, -0.1) is 0 Å². The van der Waals surface area contributed by atoms with E-state index in [2.05, 4.69) is 14.9 Å². The molecule has 0 saturated heterocycles. The summed E-state index contributed by atoms with van der Waals surface area (Å²) in [6.07, 6.45) is 5.88. The molecule has 1 aliphatic carbocycles. The van der Waals surface area contributed by atoms with Gasteiger partial charge in [-0.2, -0.15) is 0 Å². The number of aromatic nitrogens is 2. The van der Waals surface area contributed by atoms with Gasteiger partial charge >= 0.3 is 0 Å². The van der Waals surface area contributed by atoms with Crippen LogP contribution in [0.3, 0.4) is 0 Å². The second-order valence-electron chi connectivity index (χ2n) is 7.51. The molecule has 27 heavy (non-hydrogen) atoms. The molecular weight excluding hydrogens is 340 g/mol. The van der Waals surface area contributed by atoms with Gasteiger partial charge in [-0.3, -0.25) is 14.5 Å². The summed E-state index contributed by atoms with van der Waals surface area (Å²) < 4.78 is 0. The highest BCUT2D eigenvalue weighted by atomic mass is 16.2. The highest BCUT2D eigenvalue weighted by Crippen LogP contribution is 2.22. The molecule has 1 aromatic carbocycles. The zero-order chi connectivity index (χ0) is 19.4. The molecule has 0 radical (unpaired) electrons. The summed E-state index contributed by atoms with van der Waals surface area (Å²) in [4.78, 5) is 36.7. The lowest BCUT2D eigenvalue weighted by molar-refractivity contribution is -0.138. The van der Waals surface area contributed by atoms with Crippen molar-refractivity contribution in [2.45, 2.75) is 64.6 Å². The number of likely N-dealkylation sites (N-methyl/N-ethyl adjacent to an activating group) is 2. The minimum Gasteiger partial charge on any atom is -0.341 e. The summed E-state index contributed by atoms with van der Waals surface area (Å²) in [6, 6.07) is 7.43. The van der Waals surface area contributed by atoms with Gasteiger partial charge in [0.15, 0.2) is 0 Å². The fourth-order valence-corrected chi connectivity index (χ4v) is 4.02. The summed E-state index contributed by atoms with van der Waals surface area (Å²) >= 11 is 0. The van der Waals surface area contributed by atoms with Crippen LogP contribution in [0.1, 0.15) is 51.8 Å². The maximum absolute atomic E-state index is 13.0. The van der Waals surface area contributed by atoms with Crippen molar-refractivity contribution < 1.29 is 4.79 Å². The summed E-state index contributed by atoms with van der Waals surface area (Å²) in [7, 11) is 1.93. The first kappa shape index (κ1) is 19.5. The quantitative estimate of drug-likeness (QED) is 0.849. The summed E-state index contributed by atoms with van der Waals surface area (Å²) in [6.45, 7) is 5.14. The summed E-state index contributed by atoms with van der Waals surface area (Å²) in [5, 5.41) is 0.588. The lowest BCUT2D eigenvalue weighted by Gasteiger charge is -2.36. The van der Waals surface area contributed by atoms with Crippen molar-refractivity contribution in [3.63, 3.8) is 0 Å². The Kier molecular flexibility index (Phi) is 6.26. The van der Waals surface area contributed by atoms with E-state index < -0.39 is 0 Å². The molecule has 1 heterocycles. The van der Waals surface area contributed by atoms with Crippen LogP contribution in [-0.4, -0.2) is 51.4 Å². The number of fused-ring (bicyclic) bond motifs is 1. The van der Waals surface area contributed by atoms with Gasteiger partial charge in [-0.25, -0.2) is 4.98 Å². The molecule has 2 aromatic rings. The van der Waals surface area contributed by atoms with Gasteiger partial charge in [0.25, 0.3) is 5.56 Å². The predicted molar refractivity (Wildman–Crippen MR) is 108 cm³/mol. The highest BCUT2D eigenvalue weighted by Gasteiger charge is 2.28. The maximum atomic E-state index is 13.0. The zero-order valence-electron chi connectivity index (χ0n) is 16.6. The smallest absolute Gasteiger partial charge is 0.258 e. The number of carbonyl (C=O) groups is 1. The number of H-pyrrole nitrogens is 1. The van der Waals surface area contributed by atoms with E-state index in [0.29, 0.717) is 35.9 Å². The van der Waals surface area contributed by atoms with Crippen LogP contribution in [0.5, 0.6) is 0 Å². The molecule has 1 saturated carbocycles. The molecular formula is C21H30N4O2. The number of nitrogens with one attached hydrogen (secondary N) is 1. The van der Waals surface area contributed by atoms with E-state index in [9.17, 15) is 9.59 Å². The van der Waals surface area contributed by atoms with Gasteiger partial charge in [0.1, 0.15) is 5.82 Å². The highest BCUT2D eigenvalue weighted by molar-refractivity contribution is 5.81. The van der Waals surface area contributed by atoms with Crippen molar-refractivity contribution in [3.8, 4) is 0 Å². The standard InChI is InChI=1S/C21H30N4O2/c1-4-25(15(2)21(27)24(3)16-10-6-5-7-11-16)14-19-22-18-13-9-8-12-17(18)20(26)23-19/h8-9,12-13,15-16H,4-7,10-11,14H2,1-3H3,(H,22,23,26). The van der Waals surface area contributed by atoms with Crippen LogP contribution in [0.4, 0.5) is 0 Å². The van der Waals surface area contributed by atoms with E-state index in [-0.39, 0.29) is 17.5 Å². The number of nitrogens with zero attached hydrogens (tertiary/aromatic N) is 3. The first-order valence-electron chi connectivity index (χ1n) is 10.00. The molecule has 0 aliphatic heterocycles. The van der Waals surface area contributed by atoms with Crippen LogP contribution >= 0.6 is 0 Å². The lowest BCUT2D eigenvalue weighted by atomic mass is 9.94. The van der Waals surface area contributed by atoms with Crippen molar-refractivity contribution in [2.24, 2.45) is 0 Å². The van der Waals surface area contributed by atoms with Gasteiger partial charge in [0.2, 0.25) is 5.91 Å². The zero-order valence-corrected chi connectivity index (χ0v) is 16.6. The molecule has 1 fully saturated rings. The van der Waals surface area contributed by atoms with E-state index in [4.69, 9.17) is 0 Å². The molecule has 0 spiro atoms. The van der Waals surface area contributed by atoms with E-state index in [0.717, 1.165) is 12.8 Å². The van der Waals surface area contributed by atoms with Crippen LogP contribution < -0.4 is 5.56 Å². The molecule has 6 nitrogen and oxygen atoms in total. The van der Waals surface area contributed by atoms with Crippen LogP contribution in [0.2, 0.25) is 0 Å². The Balaban J connectivity index is 1.74. The molecule has 1 aliphatic rings. The van der Waals surface area contributed by atoms with Crippen LogP contribution in [-0.2, 0) is 11.3 Å². The number of amides is 1. The second-order valence-corrected chi connectivity index (χ2v) is 7.51. The van der Waals surface area contributed by atoms with Crippen molar-refractivity contribution >= 4 is 16.8 Å². The molecule has 6 heteroatoms. The Labute approximate surface area is 160 Å². The monoisotopic (exact) mass is 370 g/mol. The Bertz CT molecular complexity index is 841. The minimum atomic E-state index is -0.251. The molecule has 146 valence electrons. The topological polar surface area (TPSA) is 69.3 Å². The molecule has 3 rings (SSSR count). The average molecular weight is 370 g/mol. The minimum absolute atomic E-state index is 0.134.